The molecule has 0 atom stereocenters. The zero-order valence-corrected chi connectivity index (χ0v) is 17.7. The third-order valence-electron chi connectivity index (χ3n) is 4.04. The summed E-state index contributed by atoms with van der Waals surface area (Å²) in [5.74, 6) is 0.776. The zero-order chi connectivity index (χ0) is 18.6. The molecule has 24 heavy (non-hydrogen) atoms. The molecule has 0 saturated carbocycles. The van der Waals surface area contributed by atoms with Gasteiger partial charge in [0.2, 0.25) is 0 Å². The van der Waals surface area contributed by atoms with Crippen LogP contribution in [0, 0.1) is 5.92 Å². The molecule has 0 radical (unpaired) electrons. The highest BCUT2D eigenvalue weighted by atomic mass is 16.5. The van der Waals surface area contributed by atoms with Gasteiger partial charge in [0, 0.05) is 6.42 Å². The van der Waals surface area contributed by atoms with Crippen molar-refractivity contribution in [1.82, 2.24) is 0 Å². The van der Waals surface area contributed by atoms with Crippen molar-refractivity contribution < 1.29 is 9.53 Å². The highest BCUT2D eigenvalue weighted by molar-refractivity contribution is 5.68. The molecule has 0 bridgehead atoms. The summed E-state index contributed by atoms with van der Waals surface area (Å²) in [6.45, 7) is 12.4. The summed E-state index contributed by atoms with van der Waals surface area (Å²) in [7, 11) is 0. The summed E-state index contributed by atoms with van der Waals surface area (Å²) in [5, 5.41) is 0. The molecule has 0 aliphatic rings. The van der Waals surface area contributed by atoms with Crippen LogP contribution in [0.5, 0.6) is 0 Å². The molecule has 2 heteroatoms. The summed E-state index contributed by atoms with van der Waals surface area (Å²) in [6.07, 6.45) is 18.0. The molecule has 0 aromatic rings. The Hall–Kier alpha value is -0.530. The summed E-state index contributed by atoms with van der Waals surface area (Å²) in [6, 6.07) is 0. The van der Waals surface area contributed by atoms with Gasteiger partial charge in [0.15, 0.2) is 0 Å². The van der Waals surface area contributed by atoms with Gasteiger partial charge >= 0.3 is 5.97 Å². The standard InChI is InChI=1S/C16H34.C6H12O2/c1-4-5-6-7-8-9-10-11-12-13-14-15-16(2)3;1-4-6(7)8-5(2)3/h16H,4-15H2,1-3H3;5H,4H2,1-3H3. The molecule has 0 spiro atoms. The Kier molecular flexibility index (Phi) is 22.0. The van der Waals surface area contributed by atoms with Crippen molar-refractivity contribution in [1.29, 1.82) is 0 Å². The minimum absolute atomic E-state index is 0.0300. The molecule has 0 fully saturated rings. The van der Waals surface area contributed by atoms with Crippen molar-refractivity contribution in [3.05, 3.63) is 0 Å². The van der Waals surface area contributed by atoms with E-state index in [1.54, 1.807) is 6.92 Å². The number of hydrogen-bond donors (Lipinski definition) is 0. The summed E-state index contributed by atoms with van der Waals surface area (Å²) in [4.78, 5) is 10.4. The molecule has 2 nitrogen and oxygen atoms in total. The maximum Gasteiger partial charge on any atom is 0.305 e. The molecule has 0 N–H and O–H groups in total. The van der Waals surface area contributed by atoms with Gasteiger partial charge in [0.25, 0.3) is 0 Å². The lowest BCUT2D eigenvalue weighted by atomic mass is 10.0. The fourth-order valence-corrected chi connectivity index (χ4v) is 2.56. The van der Waals surface area contributed by atoms with Gasteiger partial charge in [-0.1, -0.05) is 105 Å². The van der Waals surface area contributed by atoms with E-state index < -0.39 is 0 Å². The van der Waals surface area contributed by atoms with Crippen LogP contribution in [0.3, 0.4) is 0 Å². The predicted molar refractivity (Wildman–Crippen MR) is 107 cm³/mol. The minimum Gasteiger partial charge on any atom is -0.463 e. The smallest absolute Gasteiger partial charge is 0.305 e. The van der Waals surface area contributed by atoms with Crippen LogP contribution in [0.2, 0.25) is 0 Å². The Bertz CT molecular complexity index is 246. The molecule has 0 aliphatic heterocycles. The van der Waals surface area contributed by atoms with Crippen LogP contribution in [-0.2, 0) is 9.53 Å². The Labute approximate surface area is 153 Å². The number of unbranched alkanes of at least 4 members (excludes halogenated alkanes) is 10. The van der Waals surface area contributed by atoms with Crippen LogP contribution in [-0.4, -0.2) is 12.1 Å². The average Bonchev–Trinajstić information content (AvgIpc) is 2.52. The highest BCUT2D eigenvalue weighted by Gasteiger charge is 1.99. The molecule has 0 amide bonds. The SMILES string of the molecule is CCC(=O)OC(C)C.CCCCCCCCCCCCCC(C)C. The quantitative estimate of drug-likeness (QED) is 0.239. The lowest BCUT2D eigenvalue weighted by Crippen LogP contribution is -2.09. The third-order valence-corrected chi connectivity index (χ3v) is 4.04. The average molecular weight is 343 g/mol. The van der Waals surface area contributed by atoms with E-state index in [9.17, 15) is 4.79 Å². The van der Waals surface area contributed by atoms with E-state index in [4.69, 9.17) is 4.74 Å². The van der Waals surface area contributed by atoms with E-state index in [0.717, 1.165) is 5.92 Å². The van der Waals surface area contributed by atoms with Gasteiger partial charge in [-0.3, -0.25) is 4.79 Å². The minimum atomic E-state index is -0.125. The van der Waals surface area contributed by atoms with Crippen LogP contribution in [0.25, 0.3) is 0 Å². The molecule has 0 aromatic carbocycles. The predicted octanol–water partition coefficient (Wildman–Crippen LogP) is 7.69. The molecule has 0 aromatic heterocycles. The number of esters is 1. The number of carbonyl (C=O) groups excluding carboxylic acids is 1. The van der Waals surface area contributed by atoms with Crippen molar-refractivity contribution in [3.63, 3.8) is 0 Å². The fourth-order valence-electron chi connectivity index (χ4n) is 2.56. The second-order valence-electron chi connectivity index (χ2n) is 7.61. The molecule has 0 saturated heterocycles. The molecule has 0 aliphatic carbocycles. The molecule has 0 unspecified atom stereocenters. The monoisotopic (exact) mass is 342 g/mol. The van der Waals surface area contributed by atoms with Crippen molar-refractivity contribution in [2.75, 3.05) is 0 Å². The number of hydrogen-bond acceptors (Lipinski definition) is 2. The van der Waals surface area contributed by atoms with Gasteiger partial charge in [-0.15, -0.1) is 0 Å². The molecule has 0 rings (SSSR count). The maximum atomic E-state index is 10.4. The largest absolute Gasteiger partial charge is 0.463 e. The Morgan fingerprint density at radius 3 is 1.42 bits per heavy atom. The van der Waals surface area contributed by atoms with E-state index in [1.165, 1.54) is 77.0 Å². The number of carbonyl (C=O) groups is 1. The van der Waals surface area contributed by atoms with Gasteiger partial charge < -0.3 is 4.74 Å². The summed E-state index contributed by atoms with van der Waals surface area (Å²) >= 11 is 0. The second kappa shape index (κ2) is 20.5. The van der Waals surface area contributed by atoms with Gasteiger partial charge in [0.05, 0.1) is 6.10 Å². The Morgan fingerprint density at radius 2 is 1.12 bits per heavy atom. The van der Waals surface area contributed by atoms with E-state index in [1.807, 2.05) is 13.8 Å². The second-order valence-corrected chi connectivity index (χ2v) is 7.61. The van der Waals surface area contributed by atoms with Gasteiger partial charge in [-0.05, 0) is 19.8 Å². The fraction of sp³-hybridized carbons (Fsp3) is 0.955. The van der Waals surface area contributed by atoms with Crippen LogP contribution in [0.15, 0.2) is 0 Å². The van der Waals surface area contributed by atoms with Gasteiger partial charge in [-0.2, -0.15) is 0 Å². The summed E-state index contributed by atoms with van der Waals surface area (Å²) in [5.41, 5.74) is 0. The lowest BCUT2D eigenvalue weighted by Gasteiger charge is -2.04. The Balaban J connectivity index is 0. The van der Waals surface area contributed by atoms with Crippen LogP contribution in [0.1, 0.15) is 125 Å². The molecule has 0 heterocycles. The van der Waals surface area contributed by atoms with Crippen molar-refractivity contribution in [2.24, 2.45) is 5.92 Å². The molecular formula is C22H46O2. The molecular weight excluding hydrogens is 296 g/mol. The first-order chi connectivity index (χ1) is 11.4. The summed E-state index contributed by atoms with van der Waals surface area (Å²) < 4.78 is 4.76. The molecule has 146 valence electrons. The zero-order valence-electron chi connectivity index (χ0n) is 17.7. The van der Waals surface area contributed by atoms with Crippen LogP contribution < -0.4 is 0 Å². The topological polar surface area (TPSA) is 26.3 Å². The van der Waals surface area contributed by atoms with Crippen molar-refractivity contribution in [2.45, 2.75) is 131 Å². The van der Waals surface area contributed by atoms with Crippen LogP contribution in [0.4, 0.5) is 0 Å². The van der Waals surface area contributed by atoms with E-state index >= 15 is 0 Å². The van der Waals surface area contributed by atoms with E-state index in [-0.39, 0.29) is 12.1 Å². The first-order valence-corrected chi connectivity index (χ1v) is 10.6. The van der Waals surface area contributed by atoms with E-state index in [2.05, 4.69) is 20.8 Å². The number of rotatable bonds is 14. The normalized spacial score (nSPS) is 10.7. The maximum absolute atomic E-state index is 10.4. The highest BCUT2D eigenvalue weighted by Crippen LogP contribution is 2.13. The first kappa shape index (κ1) is 25.7. The Morgan fingerprint density at radius 1 is 0.708 bits per heavy atom. The first-order valence-electron chi connectivity index (χ1n) is 10.6. The van der Waals surface area contributed by atoms with Crippen molar-refractivity contribution >= 4 is 5.97 Å². The van der Waals surface area contributed by atoms with Crippen LogP contribution >= 0.6 is 0 Å². The lowest BCUT2D eigenvalue weighted by molar-refractivity contribution is -0.146. The van der Waals surface area contributed by atoms with Gasteiger partial charge in [-0.25, -0.2) is 0 Å². The van der Waals surface area contributed by atoms with E-state index in [0.29, 0.717) is 6.42 Å². The number of ether oxygens (including phenoxy) is 1. The van der Waals surface area contributed by atoms with Crippen molar-refractivity contribution in [3.8, 4) is 0 Å². The van der Waals surface area contributed by atoms with Gasteiger partial charge in [0.1, 0.15) is 0 Å². The third kappa shape index (κ3) is 26.4.